The maximum absolute atomic E-state index is 10.7. The van der Waals surface area contributed by atoms with E-state index in [-0.39, 0.29) is 12.4 Å². The van der Waals surface area contributed by atoms with Crippen LogP contribution in [-0.4, -0.2) is 111 Å². The van der Waals surface area contributed by atoms with Gasteiger partial charge >= 0.3 is 11.9 Å². The van der Waals surface area contributed by atoms with Crippen LogP contribution in [0.4, 0.5) is 11.6 Å². The van der Waals surface area contributed by atoms with Crippen molar-refractivity contribution < 1.29 is 28.9 Å². The zero-order valence-corrected chi connectivity index (χ0v) is 33.7. The number of aliphatic carboxylic acids is 1. The molecule has 0 atom stereocenters. The van der Waals surface area contributed by atoms with E-state index >= 15 is 0 Å². The monoisotopic (exact) mass is 755 g/mol. The van der Waals surface area contributed by atoms with E-state index in [1.54, 1.807) is 6.92 Å². The minimum absolute atomic E-state index is 0.211. The minimum atomic E-state index is -0.731. The van der Waals surface area contributed by atoms with Crippen LogP contribution in [0.2, 0.25) is 0 Å². The summed E-state index contributed by atoms with van der Waals surface area (Å²) >= 11 is 0. The number of piperazine rings is 2. The van der Waals surface area contributed by atoms with Crippen molar-refractivity contribution in [2.45, 2.75) is 104 Å². The summed E-state index contributed by atoms with van der Waals surface area (Å²) in [5.74, 6) is 2.66. The summed E-state index contributed by atoms with van der Waals surface area (Å²) in [4.78, 5) is 36.5. The molecule has 0 amide bonds. The highest BCUT2D eigenvalue weighted by Gasteiger charge is 2.18. The van der Waals surface area contributed by atoms with Gasteiger partial charge in [0.05, 0.1) is 38.6 Å². The lowest BCUT2D eigenvalue weighted by molar-refractivity contribution is -0.138. The van der Waals surface area contributed by atoms with Crippen LogP contribution in [0.5, 0.6) is 11.5 Å². The Labute approximate surface area is 325 Å². The van der Waals surface area contributed by atoms with E-state index in [1.165, 1.54) is 64.2 Å². The summed E-state index contributed by atoms with van der Waals surface area (Å²) in [6.07, 6.45) is 20.4. The summed E-state index contributed by atoms with van der Waals surface area (Å²) in [5, 5.41) is 12.1. The molecule has 2 aliphatic rings. The zero-order chi connectivity index (χ0) is 39.1. The Kier molecular flexibility index (Phi) is 26.1. The third-order valence-electron chi connectivity index (χ3n) is 9.21. The van der Waals surface area contributed by atoms with Crippen molar-refractivity contribution >= 4 is 23.6 Å². The first kappa shape index (κ1) is 46.3. The highest BCUT2D eigenvalue weighted by Crippen LogP contribution is 2.19. The fraction of sp³-hybridized carbons (Fsp3) is 0.667. The number of aromatic nitrogens is 2. The fourth-order valence-corrected chi connectivity index (χ4v) is 5.98. The van der Waals surface area contributed by atoms with Crippen molar-refractivity contribution in [1.29, 1.82) is 0 Å². The second-order valence-corrected chi connectivity index (χ2v) is 13.6. The van der Waals surface area contributed by atoms with Crippen molar-refractivity contribution in [3.63, 3.8) is 0 Å². The molecule has 0 unspecified atom stereocenters. The third kappa shape index (κ3) is 21.7. The lowest BCUT2D eigenvalue weighted by Crippen LogP contribution is -2.47. The number of carbonyl (C=O) groups excluding carboxylic acids is 1. The van der Waals surface area contributed by atoms with E-state index in [4.69, 9.17) is 14.6 Å². The molecule has 4 heterocycles. The number of anilines is 2. The average molecular weight is 755 g/mol. The second-order valence-electron chi connectivity index (χ2n) is 13.6. The summed E-state index contributed by atoms with van der Waals surface area (Å²) < 4.78 is 16.0. The van der Waals surface area contributed by atoms with Crippen LogP contribution in [0.1, 0.15) is 104 Å². The second kappa shape index (κ2) is 30.4. The first-order valence-electron chi connectivity index (χ1n) is 20.5. The van der Waals surface area contributed by atoms with Crippen LogP contribution < -0.4 is 24.6 Å². The number of esters is 1. The standard InChI is InChI=1S/C20H33N3O3.C17H29N3O.C5H8O2/c1-2-3-4-5-6-7-16-26-18-8-9-19(21-17-18)23-14-12-22(13-15-23)11-10-20(24)25;1-2-3-4-5-6-7-14-21-16-8-9-17(19-15-16)20-12-10-18-11-13-20;1-3-5(6)7-4-2/h8-9,17H,2-7,10-16H2,1H3,(H,24,25);8-9,15,18H,2-7,10-14H2,1H3;3H,1,4H2,2H3. The molecule has 0 aromatic carbocycles. The van der Waals surface area contributed by atoms with Gasteiger partial charge in [-0.2, -0.15) is 0 Å². The van der Waals surface area contributed by atoms with E-state index in [1.807, 2.05) is 30.6 Å². The SMILES string of the molecule is C=CC(=O)OCC.CCCCCCCCOc1ccc(N2CCN(CCC(=O)O)CC2)nc1.CCCCCCCCOc1ccc(N2CCNCC2)nc1. The smallest absolute Gasteiger partial charge is 0.330 e. The molecule has 2 aromatic rings. The van der Waals surface area contributed by atoms with Crippen molar-refractivity contribution in [2.24, 2.45) is 0 Å². The fourth-order valence-electron chi connectivity index (χ4n) is 5.98. The van der Waals surface area contributed by atoms with Gasteiger partial charge in [0, 0.05) is 65.0 Å². The lowest BCUT2D eigenvalue weighted by Gasteiger charge is -2.35. The van der Waals surface area contributed by atoms with Gasteiger partial charge in [0.1, 0.15) is 23.1 Å². The molecular weight excluding hydrogens is 684 g/mol. The largest absolute Gasteiger partial charge is 0.492 e. The van der Waals surface area contributed by atoms with Gasteiger partial charge in [0.15, 0.2) is 0 Å². The molecule has 2 N–H and O–H groups in total. The Hall–Kier alpha value is -3.90. The van der Waals surface area contributed by atoms with E-state index < -0.39 is 5.97 Å². The molecule has 4 rings (SSSR count). The number of unbranched alkanes of at least 4 members (excludes halogenated alkanes) is 10. The zero-order valence-electron chi connectivity index (χ0n) is 33.7. The van der Waals surface area contributed by atoms with Crippen molar-refractivity contribution in [1.82, 2.24) is 20.2 Å². The maximum Gasteiger partial charge on any atom is 0.330 e. The number of nitrogens with zero attached hydrogens (tertiary/aromatic N) is 5. The Balaban J connectivity index is 0.000000322. The van der Waals surface area contributed by atoms with Gasteiger partial charge in [-0.3, -0.25) is 9.69 Å². The average Bonchev–Trinajstić information content (AvgIpc) is 3.21. The number of carbonyl (C=O) groups is 2. The molecule has 2 saturated heterocycles. The highest BCUT2D eigenvalue weighted by molar-refractivity contribution is 5.81. The Bertz CT molecular complexity index is 1230. The molecule has 304 valence electrons. The molecule has 0 spiro atoms. The molecule has 2 aliphatic heterocycles. The molecule has 2 aromatic heterocycles. The van der Waals surface area contributed by atoms with Crippen LogP contribution >= 0.6 is 0 Å². The maximum atomic E-state index is 10.7. The van der Waals surface area contributed by atoms with Gasteiger partial charge in [-0.25, -0.2) is 14.8 Å². The molecule has 12 heteroatoms. The summed E-state index contributed by atoms with van der Waals surface area (Å²) in [7, 11) is 0. The number of carboxylic acid groups (broad SMARTS) is 1. The number of rotatable bonds is 23. The molecule has 0 bridgehead atoms. The number of hydrogen-bond acceptors (Lipinski definition) is 11. The number of hydrogen-bond donors (Lipinski definition) is 2. The summed E-state index contributed by atoms with van der Waals surface area (Å²) in [5.41, 5.74) is 0. The summed E-state index contributed by atoms with van der Waals surface area (Å²) in [6, 6.07) is 8.13. The van der Waals surface area contributed by atoms with Crippen LogP contribution in [0, 0.1) is 0 Å². The number of carboxylic acids is 1. The Morgan fingerprint density at radius 3 is 1.61 bits per heavy atom. The quantitative estimate of drug-likeness (QED) is 0.0667. The van der Waals surface area contributed by atoms with Crippen LogP contribution in [0.15, 0.2) is 49.3 Å². The predicted octanol–water partition coefficient (Wildman–Crippen LogP) is 7.38. The van der Waals surface area contributed by atoms with E-state index in [0.29, 0.717) is 13.2 Å². The van der Waals surface area contributed by atoms with Gasteiger partial charge in [-0.15, -0.1) is 0 Å². The van der Waals surface area contributed by atoms with E-state index in [9.17, 15) is 9.59 Å². The number of nitrogens with one attached hydrogen (secondary N) is 1. The minimum Gasteiger partial charge on any atom is -0.492 e. The molecule has 0 radical (unpaired) electrons. The molecule has 2 fully saturated rings. The van der Waals surface area contributed by atoms with Crippen molar-refractivity contribution in [2.75, 3.05) is 88.5 Å². The molecule has 12 nitrogen and oxygen atoms in total. The third-order valence-corrected chi connectivity index (χ3v) is 9.21. The van der Waals surface area contributed by atoms with Crippen LogP contribution in [0.3, 0.4) is 0 Å². The van der Waals surface area contributed by atoms with Gasteiger partial charge in [0.25, 0.3) is 0 Å². The van der Waals surface area contributed by atoms with Gasteiger partial charge in [0.2, 0.25) is 0 Å². The van der Waals surface area contributed by atoms with Crippen molar-refractivity contribution in [3.8, 4) is 11.5 Å². The van der Waals surface area contributed by atoms with Crippen molar-refractivity contribution in [3.05, 3.63) is 49.3 Å². The molecule has 0 aliphatic carbocycles. The van der Waals surface area contributed by atoms with Gasteiger partial charge < -0.3 is 34.4 Å². The predicted molar refractivity (Wildman–Crippen MR) is 219 cm³/mol. The van der Waals surface area contributed by atoms with Crippen LogP contribution in [0.25, 0.3) is 0 Å². The molecule has 0 saturated carbocycles. The molecule has 54 heavy (non-hydrogen) atoms. The highest BCUT2D eigenvalue weighted by atomic mass is 16.5. The normalized spacial score (nSPS) is 14.2. The first-order chi connectivity index (χ1) is 26.4. The van der Waals surface area contributed by atoms with E-state index in [2.05, 4.69) is 61.2 Å². The number of ether oxygens (including phenoxy) is 3. The lowest BCUT2D eigenvalue weighted by atomic mass is 10.1. The summed E-state index contributed by atoms with van der Waals surface area (Å²) in [6.45, 7) is 19.7. The van der Waals surface area contributed by atoms with Gasteiger partial charge in [-0.1, -0.05) is 84.6 Å². The first-order valence-corrected chi connectivity index (χ1v) is 20.5. The molecular formula is C42H70N6O6. The Morgan fingerprint density at radius 2 is 1.20 bits per heavy atom. The van der Waals surface area contributed by atoms with E-state index in [0.717, 1.165) is 108 Å². The Morgan fingerprint density at radius 1 is 0.722 bits per heavy atom. The number of pyridine rings is 2. The van der Waals surface area contributed by atoms with Crippen LogP contribution in [-0.2, 0) is 14.3 Å². The van der Waals surface area contributed by atoms with Gasteiger partial charge in [-0.05, 0) is 44.0 Å². The topological polar surface area (TPSA) is 130 Å².